The first-order chi connectivity index (χ1) is 12.0. The number of aryl methyl sites for hydroxylation is 2. The molecule has 3 heterocycles. The van der Waals surface area contributed by atoms with Crippen molar-refractivity contribution in [1.82, 2.24) is 14.1 Å². The van der Waals surface area contributed by atoms with Crippen LogP contribution in [0.2, 0.25) is 0 Å². The van der Waals surface area contributed by atoms with E-state index in [2.05, 4.69) is 4.98 Å². The third kappa shape index (κ3) is 2.49. The molecule has 0 aliphatic carbocycles. The maximum absolute atomic E-state index is 12.9. The molecule has 3 aromatic rings. The Morgan fingerprint density at radius 1 is 1.12 bits per heavy atom. The Hall–Kier alpha value is -2.76. The number of Topliss-reactive ketones (excluding diaryl/α,β-unsaturated/α-hetero) is 1. The number of hydrogen-bond donors (Lipinski definition) is 0. The molecule has 0 bridgehead atoms. The van der Waals surface area contributed by atoms with Crippen LogP contribution in [-0.4, -0.2) is 33.1 Å². The van der Waals surface area contributed by atoms with E-state index in [-0.39, 0.29) is 12.3 Å². The van der Waals surface area contributed by atoms with Crippen LogP contribution >= 0.6 is 0 Å². The highest BCUT2D eigenvalue weighted by molar-refractivity contribution is 5.98. The second-order valence-electron chi connectivity index (χ2n) is 6.50. The molecule has 0 spiro atoms. The van der Waals surface area contributed by atoms with Crippen molar-refractivity contribution < 1.29 is 14.3 Å². The molecule has 25 heavy (non-hydrogen) atoms. The van der Waals surface area contributed by atoms with Crippen molar-refractivity contribution in [3.63, 3.8) is 0 Å². The Morgan fingerprint density at radius 2 is 1.80 bits per heavy atom. The summed E-state index contributed by atoms with van der Waals surface area (Å²) in [6, 6.07) is 5.75. The summed E-state index contributed by atoms with van der Waals surface area (Å²) in [4.78, 5) is 17.4. The van der Waals surface area contributed by atoms with Crippen LogP contribution < -0.4 is 9.47 Å². The number of benzene rings is 1. The van der Waals surface area contributed by atoms with Gasteiger partial charge in [-0.1, -0.05) is 0 Å². The molecule has 4 rings (SSSR count). The summed E-state index contributed by atoms with van der Waals surface area (Å²) in [5, 5.41) is 0. The normalized spacial score (nSPS) is 13.4. The lowest BCUT2D eigenvalue weighted by Crippen LogP contribution is -2.15. The number of carbonyl (C=O) groups excluding carboxylic acids is 1. The van der Waals surface area contributed by atoms with Crippen molar-refractivity contribution >= 4 is 16.8 Å². The average Bonchev–Trinajstić information content (AvgIpc) is 3.03. The van der Waals surface area contributed by atoms with Crippen LogP contribution in [0.5, 0.6) is 11.5 Å². The highest BCUT2D eigenvalue weighted by atomic mass is 16.6. The number of carbonyl (C=O) groups is 1. The number of imidazole rings is 1. The zero-order valence-electron chi connectivity index (χ0n) is 14.9. The molecular formula is C19H21N3O3. The molecule has 2 aromatic heterocycles. The summed E-state index contributed by atoms with van der Waals surface area (Å²) < 4.78 is 15.3. The molecule has 0 N–H and O–H groups in total. The van der Waals surface area contributed by atoms with Crippen molar-refractivity contribution in [2.45, 2.75) is 27.3 Å². The molecule has 0 radical (unpaired) electrons. The number of ether oxygens (including phenoxy) is 2. The second kappa shape index (κ2) is 5.65. The number of aromatic nitrogens is 3. The van der Waals surface area contributed by atoms with Gasteiger partial charge in [-0.25, -0.2) is 4.98 Å². The number of nitrogens with zero attached hydrogens (tertiary/aromatic N) is 3. The summed E-state index contributed by atoms with van der Waals surface area (Å²) in [7, 11) is 1.98. The quantitative estimate of drug-likeness (QED) is 0.689. The molecule has 0 unspecified atom stereocenters. The summed E-state index contributed by atoms with van der Waals surface area (Å²) >= 11 is 0. The van der Waals surface area contributed by atoms with E-state index in [4.69, 9.17) is 9.47 Å². The van der Waals surface area contributed by atoms with E-state index in [1.54, 1.807) is 0 Å². The van der Waals surface area contributed by atoms with Gasteiger partial charge >= 0.3 is 0 Å². The fourth-order valence-corrected chi connectivity index (χ4v) is 3.35. The fraction of sp³-hybridized carbons (Fsp3) is 0.368. The average molecular weight is 339 g/mol. The molecule has 1 aromatic carbocycles. The maximum atomic E-state index is 12.9. The van der Waals surface area contributed by atoms with Crippen LogP contribution in [0.25, 0.3) is 11.0 Å². The minimum atomic E-state index is 0.0819. The van der Waals surface area contributed by atoms with Gasteiger partial charge in [0.2, 0.25) is 0 Å². The lowest BCUT2D eigenvalue weighted by molar-refractivity contribution is 0.0972. The van der Waals surface area contributed by atoms with Crippen molar-refractivity contribution in [1.29, 1.82) is 0 Å². The summed E-state index contributed by atoms with van der Waals surface area (Å²) in [6.07, 6.45) is 0. The van der Waals surface area contributed by atoms with E-state index in [1.165, 1.54) is 0 Å². The third-order valence-corrected chi connectivity index (χ3v) is 4.98. The highest BCUT2D eigenvalue weighted by Crippen LogP contribution is 2.34. The first kappa shape index (κ1) is 15.7. The van der Waals surface area contributed by atoms with Crippen LogP contribution in [0.4, 0.5) is 0 Å². The molecule has 130 valence electrons. The molecule has 0 saturated heterocycles. The molecule has 0 amide bonds. The predicted octanol–water partition coefficient (Wildman–Crippen LogP) is 2.95. The standard InChI is InChI=1S/C19H21N3O3/c1-11-7-14(12(2)21(11)4)17(23)10-22-13(3)20-15-8-18-19(9-16(15)22)25-6-5-24-18/h7-9H,5-6,10H2,1-4H3. The van der Waals surface area contributed by atoms with Gasteiger partial charge in [0.15, 0.2) is 17.3 Å². The van der Waals surface area contributed by atoms with Gasteiger partial charge in [-0.3, -0.25) is 4.79 Å². The fourth-order valence-electron chi connectivity index (χ4n) is 3.35. The maximum Gasteiger partial charge on any atom is 0.184 e. The first-order valence-corrected chi connectivity index (χ1v) is 8.38. The van der Waals surface area contributed by atoms with Gasteiger partial charge in [0, 0.05) is 36.1 Å². The van der Waals surface area contributed by atoms with Crippen LogP contribution in [0.15, 0.2) is 18.2 Å². The van der Waals surface area contributed by atoms with Crippen molar-refractivity contribution in [3.8, 4) is 11.5 Å². The van der Waals surface area contributed by atoms with E-state index >= 15 is 0 Å². The first-order valence-electron chi connectivity index (χ1n) is 8.38. The van der Waals surface area contributed by atoms with E-state index in [0.29, 0.717) is 24.7 Å². The van der Waals surface area contributed by atoms with Crippen LogP contribution in [0.1, 0.15) is 27.6 Å². The minimum Gasteiger partial charge on any atom is -0.486 e. The highest BCUT2D eigenvalue weighted by Gasteiger charge is 2.20. The molecule has 0 fully saturated rings. The number of rotatable bonds is 3. The van der Waals surface area contributed by atoms with Gasteiger partial charge in [0.1, 0.15) is 19.0 Å². The lowest BCUT2D eigenvalue weighted by Gasteiger charge is -2.18. The summed E-state index contributed by atoms with van der Waals surface area (Å²) in [6.45, 7) is 7.23. The predicted molar refractivity (Wildman–Crippen MR) is 94.7 cm³/mol. The van der Waals surface area contributed by atoms with Crippen molar-refractivity contribution in [2.75, 3.05) is 13.2 Å². The van der Waals surface area contributed by atoms with Gasteiger partial charge in [0.05, 0.1) is 17.6 Å². The topological polar surface area (TPSA) is 58.3 Å². The van der Waals surface area contributed by atoms with Crippen LogP contribution in [0, 0.1) is 20.8 Å². The smallest absolute Gasteiger partial charge is 0.184 e. The number of ketones is 1. The Kier molecular flexibility index (Phi) is 3.56. The largest absolute Gasteiger partial charge is 0.486 e. The van der Waals surface area contributed by atoms with Crippen LogP contribution in [0.3, 0.4) is 0 Å². The number of fused-ring (bicyclic) bond motifs is 2. The third-order valence-electron chi connectivity index (χ3n) is 4.98. The van der Waals surface area contributed by atoms with Crippen molar-refractivity contribution in [2.24, 2.45) is 7.05 Å². The Morgan fingerprint density at radius 3 is 2.44 bits per heavy atom. The SMILES string of the molecule is Cc1cc(C(=O)Cn2c(C)nc3cc4c(cc32)OCCO4)c(C)n1C. The number of hydrogen-bond acceptors (Lipinski definition) is 4. The van der Waals surface area contributed by atoms with Gasteiger partial charge in [-0.15, -0.1) is 0 Å². The molecule has 6 nitrogen and oxygen atoms in total. The van der Waals surface area contributed by atoms with Gasteiger partial charge in [0.25, 0.3) is 0 Å². The molecular weight excluding hydrogens is 318 g/mol. The van der Waals surface area contributed by atoms with Gasteiger partial charge < -0.3 is 18.6 Å². The Balaban J connectivity index is 1.74. The van der Waals surface area contributed by atoms with E-state index in [0.717, 1.165) is 33.8 Å². The van der Waals surface area contributed by atoms with E-state index < -0.39 is 0 Å². The Bertz CT molecular complexity index is 997. The van der Waals surface area contributed by atoms with Crippen LogP contribution in [-0.2, 0) is 13.6 Å². The zero-order valence-corrected chi connectivity index (χ0v) is 14.9. The summed E-state index contributed by atoms with van der Waals surface area (Å²) in [5.41, 5.74) is 4.53. The molecule has 6 heteroatoms. The molecule has 0 atom stereocenters. The molecule has 1 aliphatic heterocycles. The summed E-state index contributed by atoms with van der Waals surface area (Å²) in [5.74, 6) is 2.30. The van der Waals surface area contributed by atoms with E-state index in [1.807, 2.05) is 55.2 Å². The zero-order chi connectivity index (χ0) is 17.7. The second-order valence-corrected chi connectivity index (χ2v) is 6.50. The lowest BCUT2D eigenvalue weighted by atomic mass is 10.1. The monoisotopic (exact) mass is 339 g/mol. The van der Waals surface area contributed by atoms with Gasteiger partial charge in [-0.05, 0) is 26.8 Å². The van der Waals surface area contributed by atoms with Crippen molar-refractivity contribution in [3.05, 3.63) is 41.0 Å². The van der Waals surface area contributed by atoms with Gasteiger partial charge in [-0.2, -0.15) is 0 Å². The molecule has 0 saturated carbocycles. The minimum absolute atomic E-state index is 0.0819. The Labute approximate surface area is 146 Å². The molecule has 1 aliphatic rings. The van der Waals surface area contributed by atoms with E-state index in [9.17, 15) is 4.79 Å².